The number of carbonyl (C=O) groups excluding carboxylic acids is 5. The number of alkyl halides is 1. The number of β-amino-alcohol motifs (C(OH)–C–C–N with tert-alkyl or cyclic N) is 1. The second-order valence-corrected chi connectivity index (χ2v) is 25.3. The van der Waals surface area contributed by atoms with Crippen molar-refractivity contribution in [1.82, 2.24) is 35.6 Å². The number of aryl methyl sites for hydroxylation is 1. The number of hydrogen-bond donors (Lipinski definition) is 4. The van der Waals surface area contributed by atoms with E-state index in [-0.39, 0.29) is 62.2 Å². The van der Waals surface area contributed by atoms with Crippen molar-refractivity contribution < 1.29 is 38.2 Å². The number of likely N-dealkylation sites (tertiary alicyclic amines) is 1. The molecule has 5 amide bonds. The summed E-state index contributed by atoms with van der Waals surface area (Å²) >= 11 is 7.78. The number of thiazole rings is 1. The van der Waals surface area contributed by atoms with Crippen LogP contribution in [0.2, 0.25) is 5.02 Å². The van der Waals surface area contributed by atoms with E-state index in [9.17, 15) is 38.7 Å². The molecule has 1 aromatic heterocycles. The van der Waals surface area contributed by atoms with E-state index in [1.54, 1.807) is 44.5 Å². The van der Waals surface area contributed by atoms with Crippen LogP contribution >= 0.6 is 22.9 Å². The van der Waals surface area contributed by atoms with Gasteiger partial charge in [-0.15, -0.1) is 11.3 Å². The fraction of sp³-hybridized carbons (Fsp3) is 0.565. The van der Waals surface area contributed by atoms with E-state index in [4.69, 9.17) is 16.3 Å². The summed E-state index contributed by atoms with van der Waals surface area (Å²) in [5, 5.41) is 29.1. The van der Waals surface area contributed by atoms with Gasteiger partial charge >= 0.3 is 0 Å². The third-order valence-corrected chi connectivity index (χ3v) is 18.3. The highest BCUT2D eigenvalue weighted by atomic mass is 35.5. The molecule has 0 spiro atoms. The number of piperidine rings is 1. The van der Waals surface area contributed by atoms with Crippen molar-refractivity contribution in [2.45, 2.75) is 172 Å². The van der Waals surface area contributed by atoms with Gasteiger partial charge in [0.2, 0.25) is 17.7 Å². The first kappa shape index (κ1) is 59.5. The van der Waals surface area contributed by atoms with Gasteiger partial charge in [-0.05, 0) is 105 Å². The van der Waals surface area contributed by atoms with E-state index in [1.165, 1.54) is 22.7 Å². The van der Waals surface area contributed by atoms with E-state index < -0.39 is 53.0 Å². The number of halogens is 2. The number of carbonyl (C=O) groups is 5. The van der Waals surface area contributed by atoms with Crippen LogP contribution in [-0.2, 0) is 19.2 Å². The zero-order valence-electron chi connectivity index (χ0n) is 47.3. The molecule has 81 heavy (non-hydrogen) atoms. The zero-order valence-corrected chi connectivity index (χ0v) is 48.8. The molecule has 0 radical (unpaired) electrons. The van der Waals surface area contributed by atoms with Crippen LogP contribution in [0.25, 0.3) is 10.4 Å². The maximum atomic E-state index is 14.8. The molecule has 5 heterocycles. The van der Waals surface area contributed by atoms with Gasteiger partial charge in [0, 0.05) is 87.9 Å². The maximum absolute atomic E-state index is 14.8. The van der Waals surface area contributed by atoms with Crippen molar-refractivity contribution in [2.24, 2.45) is 5.41 Å². The second kappa shape index (κ2) is 26.4. The summed E-state index contributed by atoms with van der Waals surface area (Å²) in [7, 11) is 0. The Balaban J connectivity index is 0.667. The zero-order chi connectivity index (χ0) is 57.4. The number of nitrogens with zero attached hydrogens (tertiary/aromatic N) is 6. The topological polar surface area (TPSA) is 201 Å². The van der Waals surface area contributed by atoms with Crippen molar-refractivity contribution in [1.29, 1.82) is 5.26 Å². The van der Waals surface area contributed by atoms with Crippen LogP contribution in [0, 0.1) is 23.7 Å². The second-order valence-electron chi connectivity index (χ2n) is 24.1. The number of rotatable bonds is 23. The number of nitrogens with one attached hydrogen (secondary N) is 3. The van der Waals surface area contributed by atoms with Crippen molar-refractivity contribution in [3.05, 3.63) is 99.6 Å². The van der Waals surface area contributed by atoms with Gasteiger partial charge in [0.05, 0.1) is 45.2 Å². The highest BCUT2D eigenvalue weighted by Gasteiger charge is 2.53. The summed E-state index contributed by atoms with van der Waals surface area (Å²) in [4.78, 5) is 82.2. The maximum Gasteiger partial charge on any atom is 0.258 e. The smallest absolute Gasteiger partial charge is 0.258 e. The van der Waals surface area contributed by atoms with Crippen LogP contribution in [-0.4, -0.2) is 142 Å². The lowest BCUT2D eigenvalue weighted by molar-refractivity contribution is -0.145. The van der Waals surface area contributed by atoms with Gasteiger partial charge in [0.15, 0.2) is 5.67 Å². The number of amides is 5. The molecule has 16 nitrogen and oxygen atoms in total. The Hall–Kier alpha value is -6.13. The third kappa shape index (κ3) is 14.9. The monoisotopic (exact) mass is 1150 g/mol. The van der Waals surface area contributed by atoms with Crippen LogP contribution in [0.5, 0.6) is 5.75 Å². The number of unbranched alkanes of at least 4 members (excludes halogenated alkanes) is 6. The average molecular weight is 1150 g/mol. The van der Waals surface area contributed by atoms with E-state index >= 15 is 0 Å². The minimum atomic E-state index is -2.00. The van der Waals surface area contributed by atoms with Gasteiger partial charge in [0.25, 0.3) is 11.8 Å². The van der Waals surface area contributed by atoms with Gasteiger partial charge in [0.1, 0.15) is 30.0 Å². The van der Waals surface area contributed by atoms with Gasteiger partial charge in [-0.25, -0.2) is 9.37 Å². The first-order valence-corrected chi connectivity index (χ1v) is 30.5. The molecule has 4 aliphatic heterocycles. The molecule has 1 aliphatic carbocycles. The number of fused-ring (bicyclic) bond motifs is 2. The Bertz CT molecular complexity index is 2890. The molecule has 5 aliphatic rings. The highest BCUT2D eigenvalue weighted by molar-refractivity contribution is 7.13. The lowest BCUT2D eigenvalue weighted by Crippen LogP contribution is -2.59. The van der Waals surface area contributed by atoms with Crippen molar-refractivity contribution in [3.63, 3.8) is 0 Å². The van der Waals surface area contributed by atoms with E-state index in [0.717, 1.165) is 124 Å². The van der Waals surface area contributed by atoms with E-state index in [2.05, 4.69) is 53.8 Å². The van der Waals surface area contributed by atoms with Crippen molar-refractivity contribution in [2.75, 3.05) is 50.7 Å². The summed E-state index contributed by atoms with van der Waals surface area (Å²) in [5.41, 5.74) is 3.84. The molecule has 5 fully saturated rings. The Morgan fingerprint density at radius 3 is 2.17 bits per heavy atom. The largest absolute Gasteiger partial charge is 0.490 e. The molecule has 6 unspecified atom stereocenters. The number of ether oxygens (including phenoxy) is 1. The van der Waals surface area contributed by atoms with Crippen LogP contribution in [0.1, 0.15) is 150 Å². The SMILES string of the molecule is Cc1ncsc1-c1ccc(C(CC(=O)NCCCCCCCCCN2CCN(c3ccc(C(=O)N4C5CCC4CC(Oc4ccc(C#N)c(Cl)c4)C5)cc3)CC2)NC(=O)C2CC(O)CN2C(=O)C(NC(=O)C2(F)CC2)C(C)(C)C)cc1. The van der Waals surface area contributed by atoms with E-state index in [1.807, 2.05) is 43.3 Å². The predicted molar refractivity (Wildman–Crippen MR) is 312 cm³/mol. The fourth-order valence-corrected chi connectivity index (χ4v) is 13.1. The number of nitriles is 1. The Morgan fingerprint density at radius 2 is 1.56 bits per heavy atom. The highest BCUT2D eigenvalue weighted by Crippen LogP contribution is 2.41. The molecule has 4 N–H and O–H groups in total. The normalized spacial score (nSPS) is 22.1. The molecule has 4 saturated heterocycles. The molecule has 434 valence electrons. The lowest BCUT2D eigenvalue weighted by atomic mass is 9.85. The quantitative estimate of drug-likeness (QED) is 0.0517. The molecule has 4 aromatic rings. The summed E-state index contributed by atoms with van der Waals surface area (Å²) < 4.78 is 21.1. The Kier molecular flexibility index (Phi) is 19.4. The lowest BCUT2D eigenvalue weighted by Gasteiger charge is -2.39. The van der Waals surface area contributed by atoms with Crippen LogP contribution in [0.15, 0.2) is 72.2 Å². The van der Waals surface area contributed by atoms with Crippen molar-refractivity contribution >= 4 is 58.2 Å². The molecule has 9 rings (SSSR count). The minimum absolute atomic E-state index is 0.00388. The molecule has 6 atom stereocenters. The number of aliphatic hydroxyl groups is 1. The number of aliphatic hydroxyl groups excluding tert-OH is 1. The number of anilines is 1. The van der Waals surface area contributed by atoms with Gasteiger partial charge in [-0.1, -0.05) is 88.7 Å². The Morgan fingerprint density at radius 1 is 0.889 bits per heavy atom. The summed E-state index contributed by atoms with van der Waals surface area (Å²) in [6, 6.07) is 20.4. The summed E-state index contributed by atoms with van der Waals surface area (Å²) in [6.07, 6.45) is 10.1. The van der Waals surface area contributed by atoms with Gasteiger partial charge < -0.3 is 40.5 Å². The standard InChI is InChI=1S/C62H79ClFN9O7S/c1-40-55(81-39-67-40)42-14-12-41(13-15-42)52(68-57(76)53-34-48(74)38-72(53)59(78)56(61(2,3)4)69-60(79)62(64)24-25-62)36-54(75)66-26-10-8-6-5-7-9-11-27-70-28-30-71(31-29-70)45-19-16-43(17-20-45)58(77)73-46-21-22-47(73)33-50(32-46)80-49-23-18-44(37-65)51(63)35-49/h12-20,23,35,39,46-48,50,52-53,56,74H,5-11,21-22,24-34,36,38H2,1-4H3,(H,66,75)(H,68,76)(H,69,79). The average Bonchev–Trinajstić information content (AvgIpc) is 3.98. The molecular weight excluding hydrogens is 1070 g/mol. The number of benzene rings is 3. The van der Waals surface area contributed by atoms with Gasteiger partial charge in [-0.2, -0.15) is 5.26 Å². The number of aromatic nitrogens is 1. The Labute approximate surface area is 485 Å². The van der Waals surface area contributed by atoms with Crippen LogP contribution in [0.4, 0.5) is 10.1 Å². The first-order valence-electron chi connectivity index (χ1n) is 29.2. The number of piperazine rings is 1. The molecule has 1 saturated carbocycles. The molecule has 3 aromatic carbocycles. The van der Waals surface area contributed by atoms with Crippen LogP contribution < -0.4 is 25.6 Å². The fourth-order valence-electron chi connectivity index (χ4n) is 12.1. The third-order valence-electron chi connectivity index (χ3n) is 17.0. The van der Waals surface area contributed by atoms with E-state index in [0.29, 0.717) is 28.4 Å². The number of hydrogen-bond acceptors (Lipinski definition) is 12. The van der Waals surface area contributed by atoms with Crippen molar-refractivity contribution in [3.8, 4) is 22.3 Å². The van der Waals surface area contributed by atoms with Crippen LogP contribution in [0.3, 0.4) is 0 Å². The molecule has 2 bridgehead atoms. The predicted octanol–water partition coefficient (Wildman–Crippen LogP) is 9.07. The first-order chi connectivity index (χ1) is 38.9. The molecular formula is C62H79ClFN9O7S. The van der Waals surface area contributed by atoms with Gasteiger partial charge in [-0.3, -0.25) is 28.9 Å². The molecule has 19 heteroatoms. The summed E-state index contributed by atoms with van der Waals surface area (Å²) in [5.74, 6) is -1.43. The summed E-state index contributed by atoms with van der Waals surface area (Å²) in [6.45, 7) is 12.6. The minimum Gasteiger partial charge on any atom is -0.490 e.